The average molecular weight is 1080 g/mol. The van der Waals surface area contributed by atoms with Crippen molar-refractivity contribution in [3.8, 4) is 78.5 Å². The average Bonchev–Trinajstić information content (AvgIpc) is 2.22. The standard InChI is InChI=1S/C76H48N6O2/c1-83-53-31-27-51(28-32-53)81(49-15-5-3-6-16-49)67-37-35-59-65-41-45-39-47(43-77-75(45)79-73(65)63-25-13-23-61(67)71(59)63)69-55-19-9-11-21-57(55)70(58-22-12-10-20-56(58)69)48-40-46-42-66-60-36-38-68(62-24-14-26-64(72(60)62)74(66)80-76(46)78-44-48)82(50-17-7-4-8-18-50)52-29-33-54(84-2)34-30-52/h3-44H,1-2H3. The molecular weight excluding hydrogens is 1030 g/mol. The molecule has 394 valence electrons. The molecule has 0 saturated carbocycles. The third-order valence-corrected chi connectivity index (χ3v) is 17.1. The van der Waals surface area contributed by atoms with Gasteiger partial charge in [0.05, 0.1) is 37.0 Å². The van der Waals surface area contributed by atoms with Gasteiger partial charge in [0.2, 0.25) is 0 Å². The van der Waals surface area contributed by atoms with Crippen molar-refractivity contribution in [1.82, 2.24) is 19.9 Å². The first-order valence-corrected chi connectivity index (χ1v) is 28.2. The lowest BCUT2D eigenvalue weighted by Crippen LogP contribution is -2.10. The summed E-state index contributed by atoms with van der Waals surface area (Å²) in [5.41, 5.74) is 20.8. The van der Waals surface area contributed by atoms with Gasteiger partial charge in [0.15, 0.2) is 11.3 Å². The molecule has 2 aliphatic carbocycles. The normalized spacial score (nSPS) is 11.9. The quantitative estimate of drug-likeness (QED) is 0.125. The summed E-state index contributed by atoms with van der Waals surface area (Å²) in [7, 11) is 3.40. The van der Waals surface area contributed by atoms with Crippen molar-refractivity contribution in [1.29, 1.82) is 0 Å². The van der Waals surface area contributed by atoms with Crippen molar-refractivity contribution in [2.45, 2.75) is 0 Å². The number of rotatable bonds is 10. The Bertz CT molecular complexity index is 4840. The fraction of sp³-hybridized carbons (Fsp3) is 0.0263. The minimum atomic E-state index is 0.710. The molecule has 0 bridgehead atoms. The van der Waals surface area contributed by atoms with Crippen molar-refractivity contribution >= 4 is 99.3 Å². The van der Waals surface area contributed by atoms with Crippen molar-refractivity contribution in [2.24, 2.45) is 0 Å². The molecule has 0 amide bonds. The van der Waals surface area contributed by atoms with Gasteiger partial charge in [-0.3, -0.25) is 0 Å². The molecule has 0 N–H and O–H groups in total. The molecule has 0 fully saturated rings. The van der Waals surface area contributed by atoms with Crippen LogP contribution in [-0.4, -0.2) is 34.2 Å². The smallest absolute Gasteiger partial charge is 0.159 e. The van der Waals surface area contributed by atoms with Gasteiger partial charge < -0.3 is 19.3 Å². The summed E-state index contributed by atoms with van der Waals surface area (Å²) in [4.78, 5) is 25.7. The van der Waals surface area contributed by atoms with Gasteiger partial charge >= 0.3 is 0 Å². The third-order valence-electron chi connectivity index (χ3n) is 17.1. The molecule has 11 aromatic carbocycles. The highest BCUT2D eigenvalue weighted by molar-refractivity contribution is 6.24. The molecule has 0 spiro atoms. The zero-order valence-corrected chi connectivity index (χ0v) is 45.7. The van der Waals surface area contributed by atoms with Gasteiger partial charge in [0.1, 0.15) is 11.5 Å². The number of benzene rings is 11. The van der Waals surface area contributed by atoms with Crippen molar-refractivity contribution in [3.05, 3.63) is 255 Å². The van der Waals surface area contributed by atoms with E-state index < -0.39 is 0 Å². The topological polar surface area (TPSA) is 76.5 Å². The molecule has 0 radical (unpaired) electrons. The number of anilines is 6. The van der Waals surface area contributed by atoms with E-state index in [1.165, 1.54) is 10.8 Å². The molecule has 0 atom stereocenters. The molecular formula is C76H48N6O2. The lowest BCUT2D eigenvalue weighted by atomic mass is 9.86. The Morgan fingerprint density at radius 1 is 0.310 bits per heavy atom. The second-order valence-electron chi connectivity index (χ2n) is 21.6. The molecule has 84 heavy (non-hydrogen) atoms. The number of fused-ring (bicyclic) bond motifs is 10. The first-order chi connectivity index (χ1) is 41.6. The van der Waals surface area contributed by atoms with Crippen LogP contribution in [0.4, 0.5) is 34.1 Å². The second-order valence-corrected chi connectivity index (χ2v) is 21.6. The summed E-state index contributed by atoms with van der Waals surface area (Å²) in [6.45, 7) is 0. The SMILES string of the molecule is COc1ccc(N(c2ccccc2)c2ccc3c4c(cccc24)-c2nc4ncc(-c5c6ccccc6c(-c6cnc7nc8c(cc7c6)-c6ccc(N(c7ccccc7)c7ccc(OC)cc7)c7cccc-8c67)c6ccccc56)cc4cc2-3)cc1. The van der Waals surface area contributed by atoms with Crippen LogP contribution in [0.2, 0.25) is 0 Å². The fourth-order valence-corrected chi connectivity index (χ4v) is 13.5. The Kier molecular flexibility index (Phi) is 10.6. The largest absolute Gasteiger partial charge is 0.497 e. The van der Waals surface area contributed by atoms with E-state index in [2.05, 4.69) is 228 Å². The second kappa shape index (κ2) is 18.7. The molecule has 0 unspecified atom stereocenters. The maximum absolute atomic E-state index is 5.55. The van der Waals surface area contributed by atoms with Gasteiger partial charge in [0.25, 0.3) is 0 Å². The molecule has 17 rings (SSSR count). The molecule has 4 heterocycles. The predicted octanol–water partition coefficient (Wildman–Crippen LogP) is 19.8. The predicted molar refractivity (Wildman–Crippen MR) is 345 cm³/mol. The number of para-hydroxylation sites is 2. The number of aromatic nitrogens is 4. The first kappa shape index (κ1) is 47.6. The van der Waals surface area contributed by atoms with Crippen LogP contribution in [0.25, 0.3) is 132 Å². The molecule has 4 aromatic heterocycles. The maximum Gasteiger partial charge on any atom is 0.159 e. The number of hydrogen-bond donors (Lipinski definition) is 0. The van der Waals surface area contributed by atoms with E-state index in [4.69, 9.17) is 29.4 Å². The number of nitrogens with zero attached hydrogens (tertiary/aromatic N) is 6. The third kappa shape index (κ3) is 7.20. The zero-order chi connectivity index (χ0) is 55.6. The van der Waals surface area contributed by atoms with E-state index in [0.717, 1.165) is 156 Å². The Balaban J connectivity index is 0.768. The molecule has 8 heteroatoms. The Labute approximate surface area is 483 Å². The maximum atomic E-state index is 5.55. The number of pyridine rings is 4. The van der Waals surface area contributed by atoms with Gasteiger partial charge in [-0.25, -0.2) is 19.9 Å². The van der Waals surface area contributed by atoms with Crippen LogP contribution >= 0.6 is 0 Å². The van der Waals surface area contributed by atoms with E-state index in [1.54, 1.807) is 14.2 Å². The lowest BCUT2D eigenvalue weighted by molar-refractivity contribution is 0.414. The monoisotopic (exact) mass is 1080 g/mol. The van der Waals surface area contributed by atoms with Crippen molar-refractivity contribution in [3.63, 3.8) is 0 Å². The molecule has 2 aliphatic rings. The summed E-state index contributed by atoms with van der Waals surface area (Å²) in [6.07, 6.45) is 4.01. The minimum absolute atomic E-state index is 0.710. The van der Waals surface area contributed by atoms with Gasteiger partial charge in [-0.2, -0.15) is 0 Å². The van der Waals surface area contributed by atoms with Crippen molar-refractivity contribution < 1.29 is 9.47 Å². The van der Waals surface area contributed by atoms with Gasteiger partial charge in [-0.05, 0) is 153 Å². The van der Waals surface area contributed by atoms with Crippen LogP contribution in [0.3, 0.4) is 0 Å². The van der Waals surface area contributed by atoms with E-state index in [1.807, 2.05) is 36.7 Å². The van der Waals surface area contributed by atoms with E-state index in [-0.39, 0.29) is 0 Å². The van der Waals surface area contributed by atoms with Crippen LogP contribution in [0.1, 0.15) is 0 Å². The molecule has 8 nitrogen and oxygen atoms in total. The number of hydrogen-bond acceptors (Lipinski definition) is 8. The van der Waals surface area contributed by atoms with Crippen LogP contribution in [0, 0.1) is 0 Å². The van der Waals surface area contributed by atoms with E-state index >= 15 is 0 Å². The Hall–Kier alpha value is -11.2. The highest BCUT2D eigenvalue weighted by Gasteiger charge is 2.30. The van der Waals surface area contributed by atoms with Crippen LogP contribution in [0.5, 0.6) is 11.5 Å². The van der Waals surface area contributed by atoms with Gasteiger partial charge in [-0.15, -0.1) is 0 Å². The van der Waals surface area contributed by atoms with Gasteiger partial charge in [0, 0.05) is 101 Å². The fourth-order valence-electron chi connectivity index (χ4n) is 13.5. The Morgan fingerprint density at radius 2 is 0.679 bits per heavy atom. The highest BCUT2D eigenvalue weighted by atomic mass is 16.5. The summed E-state index contributed by atoms with van der Waals surface area (Å²) in [5, 5.41) is 11.2. The van der Waals surface area contributed by atoms with E-state index in [0.29, 0.717) is 11.3 Å². The Morgan fingerprint density at radius 3 is 1.07 bits per heavy atom. The van der Waals surface area contributed by atoms with Crippen LogP contribution in [-0.2, 0) is 0 Å². The zero-order valence-electron chi connectivity index (χ0n) is 45.7. The molecule has 0 saturated heterocycles. The first-order valence-electron chi connectivity index (χ1n) is 28.2. The van der Waals surface area contributed by atoms with Crippen LogP contribution < -0.4 is 19.3 Å². The summed E-state index contributed by atoms with van der Waals surface area (Å²) >= 11 is 0. The summed E-state index contributed by atoms with van der Waals surface area (Å²) in [5.74, 6) is 1.63. The summed E-state index contributed by atoms with van der Waals surface area (Å²) in [6, 6.07) is 86.5. The summed E-state index contributed by atoms with van der Waals surface area (Å²) < 4.78 is 11.1. The highest BCUT2D eigenvalue weighted by Crippen LogP contribution is 2.54. The van der Waals surface area contributed by atoms with Crippen LogP contribution in [0.15, 0.2) is 255 Å². The number of methoxy groups -OCH3 is 2. The number of ether oxygens (including phenoxy) is 2. The molecule has 15 aromatic rings. The van der Waals surface area contributed by atoms with E-state index in [9.17, 15) is 0 Å². The minimum Gasteiger partial charge on any atom is -0.497 e. The molecule has 0 aliphatic heterocycles. The van der Waals surface area contributed by atoms with Crippen molar-refractivity contribution in [2.75, 3.05) is 24.0 Å². The van der Waals surface area contributed by atoms with Gasteiger partial charge in [-0.1, -0.05) is 133 Å². The lowest BCUT2D eigenvalue weighted by Gasteiger charge is -2.27.